The van der Waals surface area contributed by atoms with E-state index in [2.05, 4.69) is 5.32 Å². The molecule has 0 saturated heterocycles. The molecule has 158 valence electrons. The van der Waals surface area contributed by atoms with Crippen molar-refractivity contribution in [3.63, 3.8) is 0 Å². The molecule has 1 aliphatic heterocycles. The number of halogens is 2. The Balaban J connectivity index is 1.73. The van der Waals surface area contributed by atoms with Gasteiger partial charge in [0.15, 0.2) is 0 Å². The van der Waals surface area contributed by atoms with E-state index in [-0.39, 0.29) is 16.8 Å². The van der Waals surface area contributed by atoms with Crippen molar-refractivity contribution in [1.29, 1.82) is 0 Å². The van der Waals surface area contributed by atoms with Gasteiger partial charge in [0.25, 0.3) is 11.8 Å². The first kappa shape index (κ1) is 22.2. The van der Waals surface area contributed by atoms with Crippen LogP contribution >= 0.6 is 23.2 Å². The van der Waals surface area contributed by atoms with Crippen molar-refractivity contribution in [2.75, 3.05) is 4.90 Å². The molecule has 0 aromatic heterocycles. The number of aryl methyl sites for hydroxylation is 1. The van der Waals surface area contributed by atoms with Crippen LogP contribution in [-0.2, 0) is 9.59 Å². The van der Waals surface area contributed by atoms with Crippen LogP contribution in [0.25, 0.3) is 0 Å². The van der Waals surface area contributed by atoms with Crippen molar-refractivity contribution in [3.05, 3.63) is 39.5 Å². The van der Waals surface area contributed by atoms with E-state index in [9.17, 15) is 9.59 Å². The molecular formula is C23H30Cl2N2O2. The summed E-state index contributed by atoms with van der Waals surface area (Å²) in [6.45, 7) is 1.85. The van der Waals surface area contributed by atoms with Gasteiger partial charge in [-0.1, -0.05) is 87.1 Å². The highest BCUT2D eigenvalue weighted by atomic mass is 35.5. The fourth-order valence-electron chi connectivity index (χ4n) is 4.18. The molecule has 1 N–H and O–H groups in total. The maximum Gasteiger partial charge on any atom is 0.283 e. The zero-order chi connectivity index (χ0) is 20.8. The maximum atomic E-state index is 13.1. The third-order valence-corrected chi connectivity index (χ3v) is 6.48. The Morgan fingerprint density at radius 1 is 0.862 bits per heavy atom. The molecule has 1 aromatic rings. The monoisotopic (exact) mass is 436 g/mol. The number of amides is 2. The average Bonchev–Trinajstić information content (AvgIpc) is 2.89. The van der Waals surface area contributed by atoms with Crippen molar-refractivity contribution in [2.24, 2.45) is 0 Å². The van der Waals surface area contributed by atoms with E-state index in [0.29, 0.717) is 10.7 Å². The van der Waals surface area contributed by atoms with E-state index in [4.69, 9.17) is 23.2 Å². The van der Waals surface area contributed by atoms with Gasteiger partial charge in [-0.25, -0.2) is 4.90 Å². The van der Waals surface area contributed by atoms with Gasteiger partial charge in [-0.3, -0.25) is 9.59 Å². The Bertz CT molecular complexity index is 779. The lowest BCUT2D eigenvalue weighted by atomic mass is 9.98. The molecule has 4 nitrogen and oxygen atoms in total. The standard InChI is InChI=1S/C23H30Cl2N2O2/c1-16-13-14-17(24)15-19(16)27-22(28)20(25)21(23(27)29)26-18-11-9-7-5-3-2-4-6-8-10-12-18/h13-15,18,26H,2-12H2,1H3. The number of hydrogen-bond donors (Lipinski definition) is 1. The molecule has 0 radical (unpaired) electrons. The molecule has 1 aromatic carbocycles. The summed E-state index contributed by atoms with van der Waals surface area (Å²) < 4.78 is 0. The quantitative estimate of drug-likeness (QED) is 0.570. The molecule has 0 bridgehead atoms. The Kier molecular flexibility index (Phi) is 8.02. The van der Waals surface area contributed by atoms with Crippen LogP contribution in [0.3, 0.4) is 0 Å². The lowest BCUT2D eigenvalue weighted by Gasteiger charge is -2.22. The van der Waals surface area contributed by atoms with Gasteiger partial charge >= 0.3 is 0 Å². The average molecular weight is 437 g/mol. The lowest BCUT2D eigenvalue weighted by molar-refractivity contribution is -0.120. The number of carbonyl (C=O) groups is 2. The number of anilines is 1. The molecule has 3 rings (SSSR count). The van der Waals surface area contributed by atoms with Crippen molar-refractivity contribution in [1.82, 2.24) is 5.32 Å². The Morgan fingerprint density at radius 3 is 2.00 bits per heavy atom. The van der Waals surface area contributed by atoms with Crippen LogP contribution in [0.15, 0.2) is 28.9 Å². The van der Waals surface area contributed by atoms with Crippen LogP contribution in [0, 0.1) is 6.92 Å². The molecule has 0 unspecified atom stereocenters. The summed E-state index contributed by atoms with van der Waals surface area (Å²) in [5.74, 6) is -0.880. The minimum Gasteiger partial charge on any atom is -0.376 e. The number of imide groups is 1. The molecule has 0 spiro atoms. The van der Waals surface area contributed by atoms with Gasteiger partial charge in [-0.2, -0.15) is 0 Å². The summed E-state index contributed by atoms with van der Waals surface area (Å²) in [5.41, 5.74) is 1.52. The topological polar surface area (TPSA) is 49.4 Å². The third kappa shape index (κ3) is 5.55. The largest absolute Gasteiger partial charge is 0.376 e. The first-order valence-corrected chi connectivity index (χ1v) is 11.6. The van der Waals surface area contributed by atoms with Crippen LogP contribution in [0.2, 0.25) is 5.02 Å². The van der Waals surface area contributed by atoms with E-state index in [1.54, 1.807) is 18.2 Å². The number of hydrogen-bond acceptors (Lipinski definition) is 3. The number of rotatable bonds is 3. The first-order chi connectivity index (χ1) is 14.0. The summed E-state index contributed by atoms with van der Waals surface area (Å²) in [5, 5.41) is 3.78. The molecular weight excluding hydrogens is 407 g/mol. The molecule has 1 fully saturated rings. The zero-order valence-electron chi connectivity index (χ0n) is 17.1. The van der Waals surface area contributed by atoms with Crippen LogP contribution in [0.4, 0.5) is 5.69 Å². The van der Waals surface area contributed by atoms with Gasteiger partial charge in [-0.05, 0) is 37.5 Å². The SMILES string of the molecule is Cc1ccc(Cl)cc1N1C(=O)C(Cl)=C(NC2CCCCCCCCCCC2)C1=O. The van der Waals surface area contributed by atoms with Gasteiger partial charge in [0.2, 0.25) is 0 Å². The zero-order valence-corrected chi connectivity index (χ0v) is 18.6. The molecule has 1 heterocycles. The molecule has 2 aliphatic rings. The van der Waals surface area contributed by atoms with E-state index in [1.807, 2.05) is 6.92 Å². The molecule has 1 saturated carbocycles. The fraction of sp³-hybridized carbons (Fsp3) is 0.565. The maximum absolute atomic E-state index is 13.1. The smallest absolute Gasteiger partial charge is 0.283 e. The highest BCUT2D eigenvalue weighted by Gasteiger charge is 2.40. The second kappa shape index (κ2) is 10.5. The van der Waals surface area contributed by atoms with Crippen molar-refractivity contribution in [2.45, 2.75) is 83.6 Å². The molecule has 2 amide bonds. The molecule has 0 atom stereocenters. The summed E-state index contributed by atoms with van der Waals surface area (Å²) >= 11 is 12.4. The van der Waals surface area contributed by atoms with Crippen LogP contribution in [0.1, 0.15) is 76.2 Å². The van der Waals surface area contributed by atoms with Gasteiger partial charge in [0.05, 0.1) is 5.69 Å². The van der Waals surface area contributed by atoms with Crippen molar-refractivity contribution >= 4 is 40.7 Å². The van der Waals surface area contributed by atoms with Gasteiger partial charge in [-0.15, -0.1) is 0 Å². The predicted octanol–water partition coefficient (Wildman–Crippen LogP) is 6.23. The van der Waals surface area contributed by atoms with E-state index < -0.39 is 11.8 Å². The molecule has 6 heteroatoms. The first-order valence-electron chi connectivity index (χ1n) is 10.8. The Morgan fingerprint density at radius 2 is 1.41 bits per heavy atom. The van der Waals surface area contributed by atoms with Crippen LogP contribution < -0.4 is 10.2 Å². The Labute approximate surface area is 183 Å². The third-order valence-electron chi connectivity index (χ3n) is 5.89. The van der Waals surface area contributed by atoms with E-state index >= 15 is 0 Å². The minimum atomic E-state index is -0.488. The number of nitrogens with one attached hydrogen (secondary N) is 1. The highest BCUT2D eigenvalue weighted by molar-refractivity contribution is 6.52. The number of benzene rings is 1. The molecule has 1 aliphatic carbocycles. The van der Waals surface area contributed by atoms with Gasteiger partial charge in [0, 0.05) is 11.1 Å². The predicted molar refractivity (Wildman–Crippen MR) is 119 cm³/mol. The van der Waals surface area contributed by atoms with Gasteiger partial charge < -0.3 is 5.32 Å². The lowest BCUT2D eigenvalue weighted by Crippen LogP contribution is -2.37. The van der Waals surface area contributed by atoms with Gasteiger partial charge in [0.1, 0.15) is 10.7 Å². The summed E-state index contributed by atoms with van der Waals surface area (Å²) in [6, 6.07) is 5.33. The molecule has 29 heavy (non-hydrogen) atoms. The second-order valence-corrected chi connectivity index (χ2v) is 8.98. The second-order valence-electron chi connectivity index (χ2n) is 8.17. The highest BCUT2D eigenvalue weighted by Crippen LogP contribution is 2.32. The van der Waals surface area contributed by atoms with Crippen LogP contribution in [-0.4, -0.2) is 17.9 Å². The fourth-order valence-corrected chi connectivity index (χ4v) is 4.57. The number of carbonyl (C=O) groups excluding carboxylic acids is 2. The summed E-state index contributed by atoms with van der Waals surface area (Å²) in [6.07, 6.45) is 13.2. The van der Waals surface area contributed by atoms with E-state index in [0.717, 1.165) is 36.1 Å². The minimum absolute atomic E-state index is 0.0273. The van der Waals surface area contributed by atoms with E-state index in [1.165, 1.54) is 44.9 Å². The summed E-state index contributed by atoms with van der Waals surface area (Å²) in [4.78, 5) is 27.0. The van der Waals surface area contributed by atoms with Crippen molar-refractivity contribution < 1.29 is 9.59 Å². The van der Waals surface area contributed by atoms with Crippen LogP contribution in [0.5, 0.6) is 0 Å². The van der Waals surface area contributed by atoms with Crippen molar-refractivity contribution in [3.8, 4) is 0 Å². The summed E-state index contributed by atoms with van der Waals surface area (Å²) in [7, 11) is 0. The Hall–Kier alpha value is -1.52. The number of nitrogens with zero attached hydrogens (tertiary/aromatic N) is 1. The normalized spacial score (nSPS) is 20.6.